The van der Waals surface area contributed by atoms with Gasteiger partial charge in [0.2, 0.25) is 0 Å². The predicted molar refractivity (Wildman–Crippen MR) is 47.5 cm³/mol. The van der Waals surface area contributed by atoms with Gasteiger partial charge in [-0.2, -0.15) is 5.10 Å². The normalized spacial score (nSPS) is 10.3. The topological polar surface area (TPSA) is 41.6 Å². The molecule has 0 atom stereocenters. The Morgan fingerprint density at radius 2 is 2.00 bits per heavy atom. The Morgan fingerprint density at radius 3 is 2.55 bits per heavy atom. The molecule has 0 fully saturated rings. The van der Waals surface area contributed by atoms with Crippen molar-refractivity contribution in [2.24, 2.45) is 10.8 Å². The molecule has 3 heteroatoms. The van der Waals surface area contributed by atoms with E-state index in [4.69, 9.17) is 5.73 Å². The number of rotatable bonds is 2. The molecule has 1 rings (SSSR count). The third-order valence-corrected chi connectivity index (χ3v) is 1.37. The monoisotopic (exact) mass is 149 g/mol. The van der Waals surface area contributed by atoms with Crippen LogP contribution in [0.3, 0.4) is 0 Å². The molecule has 2 N–H and O–H groups in total. The van der Waals surface area contributed by atoms with E-state index in [0.717, 1.165) is 5.69 Å². The van der Waals surface area contributed by atoms with E-state index in [9.17, 15) is 0 Å². The van der Waals surface area contributed by atoms with Crippen LogP contribution in [0.1, 0.15) is 0 Å². The van der Waals surface area contributed by atoms with Gasteiger partial charge in [-0.3, -0.25) is 5.01 Å². The number of hydrogen-bond acceptors (Lipinski definition) is 2. The van der Waals surface area contributed by atoms with E-state index in [1.165, 1.54) is 6.34 Å². The van der Waals surface area contributed by atoms with Crippen molar-refractivity contribution >= 4 is 12.0 Å². The minimum atomic E-state index is 1.02. The first-order chi connectivity index (χ1) is 5.34. The summed E-state index contributed by atoms with van der Waals surface area (Å²) in [6, 6.07) is 9.80. The van der Waals surface area contributed by atoms with Crippen LogP contribution in [0.25, 0.3) is 0 Å². The summed E-state index contributed by atoms with van der Waals surface area (Å²) in [5, 5.41) is 5.59. The molecule has 3 nitrogen and oxygen atoms in total. The molecule has 11 heavy (non-hydrogen) atoms. The molecule has 0 aliphatic carbocycles. The highest BCUT2D eigenvalue weighted by molar-refractivity contribution is 5.55. The van der Waals surface area contributed by atoms with Crippen LogP contribution in [0.2, 0.25) is 0 Å². The Hall–Kier alpha value is -1.51. The maximum Gasteiger partial charge on any atom is 0.106 e. The molecule has 0 radical (unpaired) electrons. The lowest BCUT2D eigenvalue weighted by molar-refractivity contribution is 1.02. The van der Waals surface area contributed by atoms with Gasteiger partial charge in [-0.25, -0.2) is 0 Å². The van der Waals surface area contributed by atoms with Crippen LogP contribution in [0.15, 0.2) is 35.4 Å². The number of nitrogens with zero attached hydrogens (tertiary/aromatic N) is 2. The van der Waals surface area contributed by atoms with Crippen LogP contribution >= 0.6 is 0 Å². The van der Waals surface area contributed by atoms with Crippen molar-refractivity contribution in [1.29, 1.82) is 0 Å². The first-order valence-electron chi connectivity index (χ1n) is 3.37. The van der Waals surface area contributed by atoms with Crippen LogP contribution in [-0.2, 0) is 0 Å². The van der Waals surface area contributed by atoms with E-state index >= 15 is 0 Å². The molecule has 1 aromatic rings. The molecule has 0 heterocycles. The molecule has 0 saturated heterocycles. The zero-order valence-corrected chi connectivity index (χ0v) is 6.44. The zero-order valence-electron chi connectivity index (χ0n) is 6.44. The van der Waals surface area contributed by atoms with Gasteiger partial charge in [0, 0.05) is 7.05 Å². The summed E-state index contributed by atoms with van der Waals surface area (Å²) in [6.45, 7) is 0. The molecule has 58 valence electrons. The predicted octanol–water partition coefficient (Wildman–Crippen LogP) is 1.02. The first-order valence-corrected chi connectivity index (χ1v) is 3.37. The second-order valence-corrected chi connectivity index (χ2v) is 2.12. The van der Waals surface area contributed by atoms with Gasteiger partial charge in [0.1, 0.15) is 6.34 Å². The Bertz CT molecular complexity index is 230. The summed E-state index contributed by atoms with van der Waals surface area (Å²) in [5.41, 5.74) is 6.16. The van der Waals surface area contributed by atoms with Crippen molar-refractivity contribution in [3.8, 4) is 0 Å². The summed E-state index contributed by atoms with van der Waals surface area (Å²) in [5.74, 6) is 0. The van der Waals surface area contributed by atoms with Crippen molar-refractivity contribution in [3.63, 3.8) is 0 Å². The number of nitrogens with two attached hydrogens (primary N) is 1. The van der Waals surface area contributed by atoms with Crippen molar-refractivity contribution in [1.82, 2.24) is 0 Å². The van der Waals surface area contributed by atoms with Gasteiger partial charge < -0.3 is 5.73 Å². The van der Waals surface area contributed by atoms with Crippen molar-refractivity contribution in [2.45, 2.75) is 0 Å². The lowest BCUT2D eigenvalue weighted by Crippen LogP contribution is -2.10. The van der Waals surface area contributed by atoms with Crippen molar-refractivity contribution in [3.05, 3.63) is 30.3 Å². The van der Waals surface area contributed by atoms with E-state index in [2.05, 4.69) is 5.10 Å². The summed E-state index contributed by atoms with van der Waals surface area (Å²) in [4.78, 5) is 0. The van der Waals surface area contributed by atoms with Gasteiger partial charge >= 0.3 is 0 Å². The molecule has 0 aliphatic rings. The smallest absolute Gasteiger partial charge is 0.106 e. The van der Waals surface area contributed by atoms with E-state index in [1.54, 1.807) is 5.01 Å². The van der Waals surface area contributed by atoms with Crippen LogP contribution in [0.5, 0.6) is 0 Å². The second kappa shape index (κ2) is 3.61. The Balaban J connectivity index is 2.76. The van der Waals surface area contributed by atoms with Crippen LogP contribution < -0.4 is 10.7 Å². The molecule has 0 spiro atoms. The molecule has 1 aromatic carbocycles. The van der Waals surface area contributed by atoms with E-state index in [1.807, 2.05) is 37.4 Å². The third-order valence-electron chi connectivity index (χ3n) is 1.37. The fourth-order valence-electron chi connectivity index (χ4n) is 0.810. The number of hydrogen-bond donors (Lipinski definition) is 1. The average molecular weight is 149 g/mol. The minimum absolute atomic E-state index is 1.02. The number of anilines is 1. The van der Waals surface area contributed by atoms with Gasteiger partial charge in [0.05, 0.1) is 5.69 Å². The zero-order chi connectivity index (χ0) is 8.10. The molecule has 0 aliphatic heterocycles. The maximum absolute atomic E-state index is 5.13. The fourth-order valence-corrected chi connectivity index (χ4v) is 0.810. The van der Waals surface area contributed by atoms with Crippen LogP contribution in [0.4, 0.5) is 5.69 Å². The SMILES string of the molecule is CN(/N=C/N)c1ccccc1. The maximum atomic E-state index is 5.13. The lowest BCUT2D eigenvalue weighted by Gasteiger charge is -2.10. The summed E-state index contributed by atoms with van der Waals surface area (Å²) >= 11 is 0. The fraction of sp³-hybridized carbons (Fsp3) is 0.125. The standard InChI is InChI=1S/C8H11N3/c1-11(10-7-9)8-5-3-2-4-6-8/h2-7H,1H3,(H2,9,10). The molecule has 0 saturated carbocycles. The quantitative estimate of drug-likeness (QED) is 0.387. The van der Waals surface area contributed by atoms with Gasteiger partial charge in [-0.1, -0.05) is 18.2 Å². The average Bonchev–Trinajstić information content (AvgIpc) is 2.07. The largest absolute Gasteiger partial charge is 0.388 e. The van der Waals surface area contributed by atoms with E-state index in [-0.39, 0.29) is 0 Å². The molecule has 0 amide bonds. The summed E-state index contributed by atoms with van der Waals surface area (Å²) < 4.78 is 0. The van der Waals surface area contributed by atoms with E-state index < -0.39 is 0 Å². The molecule has 0 unspecified atom stereocenters. The highest BCUT2D eigenvalue weighted by atomic mass is 15.4. The Labute approximate surface area is 66.1 Å². The van der Waals surface area contributed by atoms with Crippen LogP contribution in [0, 0.1) is 0 Å². The molecule has 0 aromatic heterocycles. The highest BCUT2D eigenvalue weighted by Gasteiger charge is 1.92. The second-order valence-electron chi connectivity index (χ2n) is 2.12. The Kier molecular flexibility index (Phi) is 2.49. The number of hydrazone groups is 1. The van der Waals surface area contributed by atoms with Crippen molar-refractivity contribution in [2.75, 3.05) is 12.1 Å². The van der Waals surface area contributed by atoms with Crippen molar-refractivity contribution < 1.29 is 0 Å². The van der Waals surface area contributed by atoms with Gasteiger partial charge in [-0.15, -0.1) is 0 Å². The number of benzene rings is 1. The molecule has 0 bridgehead atoms. The summed E-state index contributed by atoms with van der Waals surface area (Å²) in [6.07, 6.45) is 1.27. The Morgan fingerprint density at radius 1 is 1.36 bits per heavy atom. The van der Waals surface area contributed by atoms with Crippen LogP contribution in [-0.4, -0.2) is 13.4 Å². The van der Waals surface area contributed by atoms with Gasteiger partial charge in [0.15, 0.2) is 0 Å². The summed E-state index contributed by atoms with van der Waals surface area (Å²) in [7, 11) is 1.85. The van der Waals surface area contributed by atoms with Gasteiger partial charge in [-0.05, 0) is 12.1 Å². The lowest BCUT2D eigenvalue weighted by atomic mass is 10.3. The number of para-hydroxylation sites is 1. The van der Waals surface area contributed by atoms with E-state index in [0.29, 0.717) is 0 Å². The minimum Gasteiger partial charge on any atom is -0.388 e. The molecular weight excluding hydrogens is 138 g/mol. The first kappa shape index (κ1) is 7.60. The van der Waals surface area contributed by atoms with Gasteiger partial charge in [0.25, 0.3) is 0 Å². The third kappa shape index (κ3) is 1.97. The highest BCUT2D eigenvalue weighted by Crippen LogP contribution is 2.09. The molecular formula is C8H11N3.